The molecule has 0 saturated carbocycles. The third-order valence-electron chi connectivity index (χ3n) is 3.15. The van der Waals surface area contributed by atoms with Crippen molar-refractivity contribution in [1.82, 2.24) is 14.8 Å². The number of hydrogen-bond donors (Lipinski definition) is 1. The highest BCUT2D eigenvalue weighted by Crippen LogP contribution is 2.24. The van der Waals surface area contributed by atoms with E-state index in [-0.39, 0.29) is 5.92 Å². The van der Waals surface area contributed by atoms with Gasteiger partial charge in [-0.25, -0.2) is 4.98 Å². The molecule has 1 unspecified atom stereocenters. The molecule has 0 aromatic carbocycles. The molecule has 0 radical (unpaired) electrons. The van der Waals surface area contributed by atoms with E-state index in [1.165, 1.54) is 0 Å². The number of hydrogen-bond acceptors (Lipinski definition) is 3. The first-order chi connectivity index (χ1) is 7.03. The van der Waals surface area contributed by atoms with Crippen molar-refractivity contribution in [3.63, 3.8) is 0 Å². The monoisotopic (exact) mass is 211 g/mol. The SMILES string of the molecule is CCn1ncnc1CC(O)(CC)C(C)C. The van der Waals surface area contributed by atoms with Crippen LogP contribution in [-0.2, 0) is 13.0 Å². The number of aliphatic hydroxyl groups is 1. The average molecular weight is 211 g/mol. The van der Waals surface area contributed by atoms with Gasteiger partial charge in [-0.15, -0.1) is 0 Å². The van der Waals surface area contributed by atoms with E-state index in [1.54, 1.807) is 6.33 Å². The van der Waals surface area contributed by atoms with E-state index in [0.29, 0.717) is 6.42 Å². The molecule has 15 heavy (non-hydrogen) atoms. The van der Waals surface area contributed by atoms with Crippen LogP contribution in [0.4, 0.5) is 0 Å². The molecule has 4 heteroatoms. The third kappa shape index (κ3) is 2.56. The van der Waals surface area contributed by atoms with Gasteiger partial charge in [-0.2, -0.15) is 5.10 Å². The van der Waals surface area contributed by atoms with Crippen molar-refractivity contribution < 1.29 is 5.11 Å². The smallest absolute Gasteiger partial charge is 0.138 e. The first-order valence-corrected chi connectivity index (χ1v) is 5.62. The van der Waals surface area contributed by atoms with Crippen LogP contribution in [0.15, 0.2) is 6.33 Å². The van der Waals surface area contributed by atoms with Crippen LogP contribution >= 0.6 is 0 Å². The molecule has 1 N–H and O–H groups in total. The Bertz CT molecular complexity index is 309. The molecule has 1 heterocycles. The summed E-state index contributed by atoms with van der Waals surface area (Å²) in [5, 5.41) is 14.5. The topological polar surface area (TPSA) is 50.9 Å². The highest BCUT2D eigenvalue weighted by atomic mass is 16.3. The van der Waals surface area contributed by atoms with Gasteiger partial charge >= 0.3 is 0 Å². The molecule has 0 fully saturated rings. The summed E-state index contributed by atoms with van der Waals surface area (Å²) in [4.78, 5) is 4.19. The number of nitrogens with zero attached hydrogens (tertiary/aromatic N) is 3. The van der Waals surface area contributed by atoms with Crippen LogP contribution in [-0.4, -0.2) is 25.5 Å². The van der Waals surface area contributed by atoms with Gasteiger partial charge in [0.2, 0.25) is 0 Å². The van der Waals surface area contributed by atoms with E-state index in [2.05, 4.69) is 10.1 Å². The van der Waals surface area contributed by atoms with E-state index < -0.39 is 5.60 Å². The second-order valence-electron chi connectivity index (χ2n) is 4.28. The first kappa shape index (κ1) is 12.2. The zero-order chi connectivity index (χ0) is 11.5. The molecule has 0 amide bonds. The lowest BCUT2D eigenvalue weighted by molar-refractivity contribution is -0.0108. The molecule has 0 aliphatic heterocycles. The Labute approximate surface area is 91.3 Å². The van der Waals surface area contributed by atoms with E-state index in [4.69, 9.17) is 0 Å². The maximum absolute atomic E-state index is 10.4. The predicted molar refractivity (Wildman–Crippen MR) is 59.5 cm³/mol. The zero-order valence-electron chi connectivity index (χ0n) is 10.1. The summed E-state index contributed by atoms with van der Waals surface area (Å²) in [6.07, 6.45) is 2.87. The number of aromatic nitrogens is 3. The first-order valence-electron chi connectivity index (χ1n) is 5.62. The van der Waals surface area contributed by atoms with Gasteiger partial charge in [0.1, 0.15) is 12.2 Å². The molecule has 1 aromatic heterocycles. The van der Waals surface area contributed by atoms with Crippen LogP contribution in [0.5, 0.6) is 0 Å². The molecule has 0 saturated heterocycles. The fourth-order valence-corrected chi connectivity index (χ4v) is 1.70. The summed E-state index contributed by atoms with van der Waals surface area (Å²) in [6, 6.07) is 0. The zero-order valence-corrected chi connectivity index (χ0v) is 10.1. The van der Waals surface area contributed by atoms with Crippen molar-refractivity contribution in [3.05, 3.63) is 12.2 Å². The Morgan fingerprint density at radius 2 is 2.13 bits per heavy atom. The lowest BCUT2D eigenvalue weighted by Crippen LogP contribution is -2.37. The maximum atomic E-state index is 10.4. The highest BCUT2D eigenvalue weighted by Gasteiger charge is 2.30. The van der Waals surface area contributed by atoms with E-state index in [9.17, 15) is 5.11 Å². The molecule has 0 bridgehead atoms. The third-order valence-corrected chi connectivity index (χ3v) is 3.15. The van der Waals surface area contributed by atoms with Crippen molar-refractivity contribution in [2.75, 3.05) is 0 Å². The van der Waals surface area contributed by atoms with E-state index >= 15 is 0 Å². The Balaban J connectivity index is 2.83. The van der Waals surface area contributed by atoms with Crippen molar-refractivity contribution in [1.29, 1.82) is 0 Å². The molecular formula is C11H21N3O. The summed E-state index contributed by atoms with van der Waals surface area (Å²) in [5.41, 5.74) is -0.667. The van der Waals surface area contributed by atoms with Gasteiger partial charge in [-0.1, -0.05) is 20.8 Å². The summed E-state index contributed by atoms with van der Waals surface area (Å²) in [6.45, 7) is 8.91. The fraction of sp³-hybridized carbons (Fsp3) is 0.818. The van der Waals surface area contributed by atoms with E-state index in [1.807, 2.05) is 32.4 Å². The van der Waals surface area contributed by atoms with Gasteiger partial charge < -0.3 is 5.11 Å². The van der Waals surface area contributed by atoms with Gasteiger partial charge in [0.25, 0.3) is 0 Å². The largest absolute Gasteiger partial charge is 0.389 e. The molecule has 1 rings (SSSR count). The van der Waals surface area contributed by atoms with Crippen LogP contribution in [0.1, 0.15) is 39.9 Å². The average Bonchev–Trinajstić information content (AvgIpc) is 2.64. The van der Waals surface area contributed by atoms with Crippen molar-refractivity contribution in [2.24, 2.45) is 5.92 Å². The number of rotatable bonds is 5. The molecule has 0 aliphatic carbocycles. The summed E-state index contributed by atoms with van der Waals surface area (Å²) < 4.78 is 1.84. The van der Waals surface area contributed by atoms with Crippen LogP contribution in [0.2, 0.25) is 0 Å². The quantitative estimate of drug-likeness (QED) is 0.805. The summed E-state index contributed by atoms with van der Waals surface area (Å²) in [5.74, 6) is 1.10. The van der Waals surface area contributed by atoms with Crippen LogP contribution in [0.25, 0.3) is 0 Å². The molecule has 1 atom stereocenters. The van der Waals surface area contributed by atoms with Crippen LogP contribution in [0, 0.1) is 5.92 Å². The molecule has 4 nitrogen and oxygen atoms in total. The predicted octanol–water partition coefficient (Wildman–Crippen LogP) is 1.64. The van der Waals surface area contributed by atoms with Gasteiger partial charge in [0.15, 0.2) is 0 Å². The molecule has 1 aromatic rings. The standard InChI is InChI=1S/C11H21N3O/c1-5-11(15,9(3)4)7-10-12-8-13-14(10)6-2/h8-9,15H,5-7H2,1-4H3. The Kier molecular flexibility index (Phi) is 3.85. The normalized spacial score (nSPS) is 15.6. The second kappa shape index (κ2) is 4.75. The van der Waals surface area contributed by atoms with Gasteiger partial charge in [-0.05, 0) is 19.3 Å². The molecule has 0 spiro atoms. The molecule has 86 valence electrons. The van der Waals surface area contributed by atoms with Crippen molar-refractivity contribution in [2.45, 2.75) is 52.7 Å². The van der Waals surface area contributed by atoms with Crippen molar-refractivity contribution in [3.8, 4) is 0 Å². The lowest BCUT2D eigenvalue weighted by Gasteiger charge is -2.30. The Hall–Kier alpha value is -0.900. The Morgan fingerprint density at radius 3 is 2.60 bits per heavy atom. The fourth-order valence-electron chi connectivity index (χ4n) is 1.70. The highest BCUT2D eigenvalue weighted by molar-refractivity contribution is 4.95. The second-order valence-corrected chi connectivity index (χ2v) is 4.28. The van der Waals surface area contributed by atoms with Gasteiger partial charge in [0.05, 0.1) is 5.60 Å². The minimum Gasteiger partial charge on any atom is -0.389 e. The van der Waals surface area contributed by atoms with E-state index in [0.717, 1.165) is 18.8 Å². The van der Waals surface area contributed by atoms with Gasteiger partial charge in [-0.3, -0.25) is 4.68 Å². The summed E-state index contributed by atoms with van der Waals surface area (Å²) in [7, 11) is 0. The van der Waals surface area contributed by atoms with Crippen LogP contribution < -0.4 is 0 Å². The molecule has 0 aliphatic rings. The van der Waals surface area contributed by atoms with Crippen LogP contribution in [0.3, 0.4) is 0 Å². The van der Waals surface area contributed by atoms with Crippen molar-refractivity contribution >= 4 is 0 Å². The van der Waals surface area contributed by atoms with Gasteiger partial charge in [0, 0.05) is 13.0 Å². The lowest BCUT2D eigenvalue weighted by atomic mass is 9.84. The summed E-state index contributed by atoms with van der Waals surface area (Å²) >= 11 is 0. The maximum Gasteiger partial charge on any atom is 0.138 e. The minimum absolute atomic E-state index is 0.226. The minimum atomic E-state index is -0.667. The molecular weight excluding hydrogens is 190 g/mol. The Morgan fingerprint density at radius 1 is 1.47 bits per heavy atom. The number of aryl methyl sites for hydroxylation is 1.